The Hall–Kier alpha value is -0.290. The first-order valence-corrected chi connectivity index (χ1v) is 5.45. The Morgan fingerprint density at radius 2 is 1.73 bits per heavy atom. The maximum absolute atomic E-state index is 11.8. The zero-order valence-corrected chi connectivity index (χ0v) is 8.69. The minimum Gasteiger partial charge on any atom is -0.393 e. The number of nitrogens with one attached hydrogen (secondary N) is 1. The van der Waals surface area contributed by atoms with Crippen LogP contribution in [-0.4, -0.2) is 30.0 Å². The summed E-state index contributed by atoms with van der Waals surface area (Å²) in [5.74, 6) is 0. The highest BCUT2D eigenvalue weighted by Gasteiger charge is 2.26. The summed E-state index contributed by atoms with van der Waals surface area (Å²) in [6, 6.07) is 0.293. The molecule has 0 bridgehead atoms. The lowest BCUT2D eigenvalue weighted by molar-refractivity contribution is -0.135. The van der Waals surface area contributed by atoms with Crippen molar-refractivity contribution in [2.24, 2.45) is 0 Å². The topological polar surface area (TPSA) is 32.3 Å². The van der Waals surface area contributed by atoms with Crippen molar-refractivity contribution in [3.8, 4) is 0 Å². The predicted octanol–water partition coefficient (Wildman–Crippen LogP) is 2.22. The Kier molecular flexibility index (Phi) is 4.86. The Morgan fingerprint density at radius 1 is 1.13 bits per heavy atom. The standard InChI is InChI=1S/C10H18F3NO/c11-10(12,13)6-1-7-14-8-2-4-9(15)5-3-8/h8-9,14-15H,1-7H2. The van der Waals surface area contributed by atoms with Gasteiger partial charge in [-0.3, -0.25) is 0 Å². The van der Waals surface area contributed by atoms with Crippen LogP contribution >= 0.6 is 0 Å². The van der Waals surface area contributed by atoms with Gasteiger partial charge in [-0.1, -0.05) is 0 Å². The molecule has 5 heteroatoms. The second kappa shape index (κ2) is 5.70. The van der Waals surface area contributed by atoms with Crippen LogP contribution in [0.15, 0.2) is 0 Å². The zero-order valence-electron chi connectivity index (χ0n) is 8.69. The summed E-state index contributed by atoms with van der Waals surface area (Å²) in [7, 11) is 0. The summed E-state index contributed by atoms with van der Waals surface area (Å²) in [4.78, 5) is 0. The molecular weight excluding hydrogens is 207 g/mol. The van der Waals surface area contributed by atoms with E-state index in [4.69, 9.17) is 0 Å². The van der Waals surface area contributed by atoms with Crippen molar-refractivity contribution >= 4 is 0 Å². The summed E-state index contributed by atoms with van der Waals surface area (Å²) in [5.41, 5.74) is 0. The third kappa shape index (κ3) is 5.99. The van der Waals surface area contributed by atoms with Gasteiger partial charge in [-0.15, -0.1) is 0 Å². The molecule has 15 heavy (non-hydrogen) atoms. The Balaban J connectivity index is 2.01. The van der Waals surface area contributed by atoms with Crippen molar-refractivity contribution in [1.29, 1.82) is 0 Å². The number of hydrogen-bond donors (Lipinski definition) is 2. The molecule has 0 heterocycles. The third-order valence-electron chi connectivity index (χ3n) is 2.77. The molecule has 1 fully saturated rings. The lowest BCUT2D eigenvalue weighted by Gasteiger charge is -2.26. The van der Waals surface area contributed by atoms with Crippen molar-refractivity contribution in [1.82, 2.24) is 5.32 Å². The van der Waals surface area contributed by atoms with E-state index in [1.54, 1.807) is 0 Å². The quantitative estimate of drug-likeness (QED) is 0.719. The Labute approximate surface area is 87.9 Å². The van der Waals surface area contributed by atoms with Crippen LogP contribution in [0.5, 0.6) is 0 Å². The molecule has 2 N–H and O–H groups in total. The second-order valence-electron chi connectivity index (χ2n) is 4.18. The number of rotatable bonds is 4. The van der Waals surface area contributed by atoms with Gasteiger partial charge in [0.15, 0.2) is 0 Å². The fraction of sp³-hybridized carbons (Fsp3) is 1.00. The van der Waals surface area contributed by atoms with Gasteiger partial charge in [-0.2, -0.15) is 13.2 Å². The predicted molar refractivity (Wildman–Crippen MR) is 51.6 cm³/mol. The molecule has 0 spiro atoms. The van der Waals surface area contributed by atoms with Crippen LogP contribution in [0.3, 0.4) is 0 Å². The molecule has 1 aliphatic carbocycles. The van der Waals surface area contributed by atoms with Gasteiger partial charge in [0.2, 0.25) is 0 Å². The molecule has 1 rings (SSSR count). The van der Waals surface area contributed by atoms with E-state index in [1.807, 2.05) is 0 Å². The first kappa shape index (κ1) is 12.8. The van der Waals surface area contributed by atoms with Gasteiger partial charge < -0.3 is 10.4 Å². The van der Waals surface area contributed by atoms with E-state index < -0.39 is 12.6 Å². The van der Waals surface area contributed by atoms with Crippen molar-refractivity contribution in [2.45, 2.75) is 56.8 Å². The first-order chi connectivity index (χ1) is 6.97. The molecule has 0 atom stereocenters. The molecule has 0 aromatic carbocycles. The normalized spacial score (nSPS) is 28.0. The molecule has 0 amide bonds. The molecule has 0 radical (unpaired) electrons. The van der Waals surface area contributed by atoms with Crippen molar-refractivity contribution < 1.29 is 18.3 Å². The number of hydrogen-bond acceptors (Lipinski definition) is 2. The van der Waals surface area contributed by atoms with Crippen LogP contribution in [0.2, 0.25) is 0 Å². The van der Waals surface area contributed by atoms with E-state index in [1.165, 1.54) is 0 Å². The maximum atomic E-state index is 11.8. The van der Waals surface area contributed by atoms with Crippen molar-refractivity contribution in [3.63, 3.8) is 0 Å². The number of aliphatic hydroxyl groups excluding tert-OH is 1. The fourth-order valence-corrected chi connectivity index (χ4v) is 1.87. The molecule has 0 aromatic rings. The highest BCUT2D eigenvalue weighted by molar-refractivity contribution is 4.76. The molecule has 0 unspecified atom stereocenters. The summed E-state index contributed by atoms with van der Waals surface area (Å²) in [6.07, 6.45) is -1.56. The highest BCUT2D eigenvalue weighted by atomic mass is 19.4. The molecule has 2 nitrogen and oxygen atoms in total. The van der Waals surface area contributed by atoms with Gasteiger partial charge in [0.25, 0.3) is 0 Å². The van der Waals surface area contributed by atoms with Gasteiger partial charge in [0.1, 0.15) is 0 Å². The van der Waals surface area contributed by atoms with E-state index in [0.29, 0.717) is 12.6 Å². The molecule has 90 valence electrons. The molecule has 1 aliphatic rings. The van der Waals surface area contributed by atoms with Crippen LogP contribution in [0.1, 0.15) is 38.5 Å². The molecule has 1 saturated carbocycles. The smallest absolute Gasteiger partial charge is 0.389 e. The van der Waals surface area contributed by atoms with Crippen LogP contribution in [0, 0.1) is 0 Å². The van der Waals surface area contributed by atoms with Gasteiger partial charge >= 0.3 is 6.18 Å². The molecule has 0 saturated heterocycles. The van der Waals surface area contributed by atoms with Gasteiger partial charge in [0.05, 0.1) is 6.10 Å². The molecule has 0 aromatic heterocycles. The van der Waals surface area contributed by atoms with Crippen LogP contribution in [-0.2, 0) is 0 Å². The zero-order chi connectivity index (χ0) is 11.3. The van der Waals surface area contributed by atoms with Crippen LogP contribution < -0.4 is 5.32 Å². The number of alkyl halides is 3. The van der Waals surface area contributed by atoms with Gasteiger partial charge in [-0.25, -0.2) is 0 Å². The largest absolute Gasteiger partial charge is 0.393 e. The van der Waals surface area contributed by atoms with E-state index >= 15 is 0 Å². The van der Waals surface area contributed by atoms with Crippen LogP contribution in [0.25, 0.3) is 0 Å². The number of halogens is 3. The number of aliphatic hydroxyl groups is 1. The highest BCUT2D eigenvalue weighted by Crippen LogP contribution is 2.21. The van der Waals surface area contributed by atoms with E-state index in [-0.39, 0.29) is 12.5 Å². The third-order valence-corrected chi connectivity index (χ3v) is 2.77. The summed E-state index contributed by atoms with van der Waals surface area (Å²) >= 11 is 0. The summed E-state index contributed by atoms with van der Waals surface area (Å²) in [6.45, 7) is 0.417. The van der Waals surface area contributed by atoms with E-state index in [2.05, 4.69) is 5.32 Å². The van der Waals surface area contributed by atoms with E-state index in [0.717, 1.165) is 25.7 Å². The Morgan fingerprint density at radius 3 is 2.27 bits per heavy atom. The monoisotopic (exact) mass is 225 g/mol. The summed E-state index contributed by atoms with van der Waals surface area (Å²) < 4.78 is 35.4. The van der Waals surface area contributed by atoms with Gasteiger partial charge in [-0.05, 0) is 38.6 Å². The molecular formula is C10H18F3NO. The van der Waals surface area contributed by atoms with Crippen molar-refractivity contribution in [2.75, 3.05) is 6.54 Å². The van der Waals surface area contributed by atoms with Crippen LogP contribution in [0.4, 0.5) is 13.2 Å². The lowest BCUT2D eigenvalue weighted by atomic mass is 9.93. The average molecular weight is 225 g/mol. The first-order valence-electron chi connectivity index (χ1n) is 5.45. The maximum Gasteiger partial charge on any atom is 0.389 e. The fourth-order valence-electron chi connectivity index (χ4n) is 1.87. The summed E-state index contributed by atoms with van der Waals surface area (Å²) in [5, 5.41) is 12.3. The lowest BCUT2D eigenvalue weighted by Crippen LogP contribution is -2.35. The minimum absolute atomic E-state index is 0.141. The van der Waals surface area contributed by atoms with E-state index in [9.17, 15) is 18.3 Å². The molecule has 0 aliphatic heterocycles. The SMILES string of the molecule is OC1CCC(NCCCC(F)(F)F)CC1. The van der Waals surface area contributed by atoms with Gasteiger partial charge in [0, 0.05) is 12.5 Å². The van der Waals surface area contributed by atoms with Crippen molar-refractivity contribution in [3.05, 3.63) is 0 Å². The second-order valence-corrected chi connectivity index (χ2v) is 4.18. The Bertz CT molecular complexity index is 176. The minimum atomic E-state index is -4.04. The average Bonchev–Trinajstić information content (AvgIpc) is 2.14.